The maximum absolute atomic E-state index is 13.9. The van der Waals surface area contributed by atoms with Gasteiger partial charge in [-0.1, -0.05) is 22.9 Å². The number of piperazine rings is 1. The summed E-state index contributed by atoms with van der Waals surface area (Å²) in [6.07, 6.45) is 0. The van der Waals surface area contributed by atoms with Crippen molar-refractivity contribution in [1.29, 1.82) is 0 Å². The summed E-state index contributed by atoms with van der Waals surface area (Å²) in [5, 5.41) is 4.35. The van der Waals surface area contributed by atoms with E-state index < -0.39 is 11.6 Å². The molecule has 0 saturated carbocycles. The Morgan fingerprint density at radius 2 is 1.90 bits per heavy atom. The van der Waals surface area contributed by atoms with Crippen LogP contribution in [0.25, 0.3) is 10.2 Å². The first-order chi connectivity index (χ1) is 15.0. The number of rotatable bonds is 7. The molecule has 1 aliphatic heterocycles. The zero-order chi connectivity index (χ0) is 21.8. The van der Waals surface area contributed by atoms with E-state index in [2.05, 4.69) is 20.1 Å². The molecule has 31 heavy (non-hydrogen) atoms. The van der Waals surface area contributed by atoms with E-state index in [9.17, 15) is 13.6 Å². The second-order valence-electron chi connectivity index (χ2n) is 7.15. The molecule has 1 fully saturated rings. The monoisotopic (exact) mass is 482 g/mol. The molecule has 0 radical (unpaired) electrons. The average Bonchev–Trinajstić information content (AvgIpc) is 3.18. The fraction of sp³-hybridized carbons (Fsp3) is 0.333. The van der Waals surface area contributed by atoms with Gasteiger partial charge in [0.2, 0.25) is 5.91 Å². The minimum Gasteiger partial charge on any atom is -0.354 e. The highest BCUT2D eigenvalue weighted by Crippen LogP contribution is 2.31. The molecule has 0 spiro atoms. The molecule has 3 aromatic rings. The second-order valence-corrected chi connectivity index (χ2v) is 9.65. The molecule has 0 bridgehead atoms. The van der Waals surface area contributed by atoms with Crippen molar-refractivity contribution in [2.45, 2.75) is 4.90 Å². The van der Waals surface area contributed by atoms with Gasteiger partial charge in [-0.25, -0.2) is 13.8 Å². The number of hydrogen-bond acceptors (Lipinski definition) is 6. The van der Waals surface area contributed by atoms with E-state index in [-0.39, 0.29) is 11.4 Å². The Labute approximate surface area is 192 Å². The molecule has 1 N–H and O–H groups in total. The molecule has 4 rings (SSSR count). The number of thiazole rings is 1. The van der Waals surface area contributed by atoms with Crippen LogP contribution in [0.3, 0.4) is 0 Å². The third-order valence-electron chi connectivity index (χ3n) is 4.98. The summed E-state index contributed by atoms with van der Waals surface area (Å²) in [5.41, 5.74) is 0.225. The normalized spacial score (nSPS) is 14.9. The van der Waals surface area contributed by atoms with Crippen molar-refractivity contribution >= 4 is 56.0 Å². The van der Waals surface area contributed by atoms with Gasteiger partial charge in [0.05, 0.1) is 10.5 Å². The number of fused-ring (bicyclic) bond motifs is 1. The fourth-order valence-corrected chi connectivity index (χ4v) is 5.24. The van der Waals surface area contributed by atoms with Crippen molar-refractivity contribution in [2.75, 3.05) is 49.9 Å². The number of carbonyl (C=O) groups is 1. The zero-order valence-electron chi connectivity index (χ0n) is 16.6. The molecule has 1 aliphatic rings. The van der Waals surface area contributed by atoms with Crippen molar-refractivity contribution < 1.29 is 13.6 Å². The summed E-state index contributed by atoms with van der Waals surface area (Å²) in [6.45, 7) is 4.51. The van der Waals surface area contributed by atoms with Crippen molar-refractivity contribution in [3.05, 3.63) is 53.1 Å². The topological polar surface area (TPSA) is 48.5 Å². The maximum atomic E-state index is 13.9. The molecule has 0 unspecified atom stereocenters. The summed E-state index contributed by atoms with van der Waals surface area (Å²) in [4.78, 5) is 21.8. The summed E-state index contributed by atoms with van der Waals surface area (Å²) >= 11 is 8.65. The standard InChI is InChI=1S/C21H21ClF2N4OS2/c22-14-1-3-16(4-2-14)30-13-19(29)25-5-6-27-7-9-28(10-8-27)21-26-20-17(24)11-15(23)12-18(20)31-21/h1-4,11-12H,5-10,13H2,(H,25,29). The Hall–Kier alpha value is -1.94. The second kappa shape index (κ2) is 10.1. The Morgan fingerprint density at radius 3 is 2.65 bits per heavy atom. The first kappa shape index (κ1) is 22.3. The highest BCUT2D eigenvalue weighted by atomic mass is 35.5. The van der Waals surface area contributed by atoms with Gasteiger partial charge < -0.3 is 10.2 Å². The van der Waals surface area contributed by atoms with E-state index in [1.54, 1.807) is 0 Å². The number of thioether (sulfide) groups is 1. The quantitative estimate of drug-likeness (QED) is 0.510. The minimum atomic E-state index is -0.624. The molecule has 2 heterocycles. The highest BCUT2D eigenvalue weighted by Gasteiger charge is 2.21. The number of aromatic nitrogens is 1. The lowest BCUT2D eigenvalue weighted by Crippen LogP contribution is -2.48. The Bertz CT molecular complexity index is 1060. The van der Waals surface area contributed by atoms with Gasteiger partial charge in [-0.3, -0.25) is 9.69 Å². The van der Waals surface area contributed by atoms with Gasteiger partial charge in [0, 0.05) is 55.3 Å². The van der Waals surface area contributed by atoms with Crippen LogP contribution in [-0.2, 0) is 4.79 Å². The first-order valence-electron chi connectivity index (χ1n) is 9.86. The lowest BCUT2D eigenvalue weighted by atomic mass is 10.3. The van der Waals surface area contributed by atoms with E-state index in [0.717, 1.165) is 43.7 Å². The largest absolute Gasteiger partial charge is 0.354 e. The molecular formula is C21H21ClF2N4OS2. The SMILES string of the molecule is O=C(CSc1ccc(Cl)cc1)NCCN1CCN(c2nc3c(F)cc(F)cc3s2)CC1. The first-order valence-corrected chi connectivity index (χ1v) is 12.0. The van der Waals surface area contributed by atoms with Crippen molar-refractivity contribution in [1.82, 2.24) is 15.2 Å². The molecule has 1 aromatic heterocycles. The van der Waals surface area contributed by atoms with E-state index in [4.69, 9.17) is 11.6 Å². The van der Waals surface area contributed by atoms with Crippen LogP contribution < -0.4 is 10.2 Å². The lowest BCUT2D eigenvalue weighted by Gasteiger charge is -2.34. The molecule has 0 aliphatic carbocycles. The summed E-state index contributed by atoms with van der Waals surface area (Å²) in [5.74, 6) is -0.841. The number of carbonyl (C=O) groups excluding carboxylic acids is 1. The predicted octanol–water partition coefficient (Wildman–Crippen LogP) is 4.26. The van der Waals surface area contributed by atoms with E-state index in [1.165, 1.54) is 29.2 Å². The van der Waals surface area contributed by atoms with Crippen LogP contribution in [0.15, 0.2) is 41.3 Å². The van der Waals surface area contributed by atoms with Gasteiger partial charge in [0.25, 0.3) is 0 Å². The van der Waals surface area contributed by atoms with Crippen LogP contribution in [0.4, 0.5) is 13.9 Å². The number of halogens is 3. The Balaban J connectivity index is 1.18. The van der Waals surface area contributed by atoms with Gasteiger partial charge in [0.1, 0.15) is 11.3 Å². The van der Waals surface area contributed by atoms with Crippen LogP contribution >= 0.6 is 34.7 Å². The van der Waals surface area contributed by atoms with Crippen LogP contribution in [0.2, 0.25) is 5.02 Å². The smallest absolute Gasteiger partial charge is 0.230 e. The number of anilines is 1. The number of nitrogens with zero attached hydrogens (tertiary/aromatic N) is 3. The van der Waals surface area contributed by atoms with Crippen LogP contribution in [0, 0.1) is 11.6 Å². The van der Waals surface area contributed by atoms with Gasteiger partial charge in [0.15, 0.2) is 10.9 Å². The minimum absolute atomic E-state index is 0.00215. The summed E-state index contributed by atoms with van der Waals surface area (Å²) < 4.78 is 27.8. The third kappa shape index (κ3) is 5.85. The predicted molar refractivity (Wildman–Crippen MR) is 123 cm³/mol. The molecule has 2 aromatic carbocycles. The third-order valence-corrected chi connectivity index (χ3v) is 7.31. The van der Waals surface area contributed by atoms with Gasteiger partial charge in [-0.05, 0) is 30.3 Å². The molecule has 1 saturated heterocycles. The van der Waals surface area contributed by atoms with Crippen LogP contribution in [-0.4, -0.2) is 60.8 Å². The number of nitrogens with one attached hydrogen (secondary N) is 1. The van der Waals surface area contributed by atoms with E-state index in [0.29, 0.717) is 27.2 Å². The van der Waals surface area contributed by atoms with Gasteiger partial charge >= 0.3 is 0 Å². The number of benzene rings is 2. The fourth-order valence-electron chi connectivity index (χ4n) is 3.33. The molecule has 5 nitrogen and oxygen atoms in total. The van der Waals surface area contributed by atoms with Gasteiger partial charge in [-0.15, -0.1) is 11.8 Å². The van der Waals surface area contributed by atoms with Crippen molar-refractivity contribution in [3.63, 3.8) is 0 Å². The molecule has 10 heteroatoms. The van der Waals surface area contributed by atoms with Crippen molar-refractivity contribution in [3.8, 4) is 0 Å². The van der Waals surface area contributed by atoms with Crippen LogP contribution in [0.1, 0.15) is 0 Å². The maximum Gasteiger partial charge on any atom is 0.230 e. The average molecular weight is 483 g/mol. The van der Waals surface area contributed by atoms with Gasteiger partial charge in [-0.2, -0.15) is 0 Å². The van der Waals surface area contributed by atoms with E-state index >= 15 is 0 Å². The van der Waals surface area contributed by atoms with Crippen LogP contribution in [0.5, 0.6) is 0 Å². The Kier molecular flexibility index (Phi) is 7.27. The Morgan fingerprint density at radius 1 is 1.16 bits per heavy atom. The summed E-state index contributed by atoms with van der Waals surface area (Å²) in [6, 6.07) is 9.61. The lowest BCUT2D eigenvalue weighted by molar-refractivity contribution is -0.118. The zero-order valence-corrected chi connectivity index (χ0v) is 19.0. The number of amides is 1. The summed E-state index contributed by atoms with van der Waals surface area (Å²) in [7, 11) is 0. The molecule has 1 amide bonds. The number of hydrogen-bond donors (Lipinski definition) is 1. The van der Waals surface area contributed by atoms with E-state index in [1.807, 2.05) is 24.3 Å². The molecule has 164 valence electrons. The molecular weight excluding hydrogens is 462 g/mol. The molecule has 0 atom stereocenters. The highest BCUT2D eigenvalue weighted by molar-refractivity contribution is 8.00. The van der Waals surface area contributed by atoms with Crippen molar-refractivity contribution in [2.24, 2.45) is 0 Å².